The summed E-state index contributed by atoms with van der Waals surface area (Å²) >= 11 is 0. The van der Waals surface area contributed by atoms with Crippen molar-refractivity contribution >= 4 is 12.1 Å². The highest BCUT2D eigenvalue weighted by molar-refractivity contribution is 5.74. The van der Waals surface area contributed by atoms with Gasteiger partial charge in [-0.2, -0.15) is 0 Å². The number of aliphatic carboxylic acids is 1. The summed E-state index contributed by atoms with van der Waals surface area (Å²) in [7, 11) is 3.49. The number of aromatic nitrogens is 4. The molecule has 2 aromatic heterocycles. The molecule has 0 radical (unpaired) electrons. The minimum Gasteiger partial charge on any atom is -0.488 e. The molecule has 0 spiro atoms. The van der Waals surface area contributed by atoms with Crippen molar-refractivity contribution in [2.24, 2.45) is 12.5 Å². The topological polar surface area (TPSA) is 120 Å². The Kier molecular flexibility index (Phi) is 7.80. The Hall–Kier alpha value is -3.17. The normalized spacial score (nSPS) is 21.7. The van der Waals surface area contributed by atoms with E-state index in [1.165, 1.54) is 4.90 Å². The van der Waals surface area contributed by atoms with Gasteiger partial charge in [0, 0.05) is 26.4 Å². The number of carbonyl (C=O) groups excluding carboxylic acids is 1. The predicted octanol–water partition coefficient (Wildman–Crippen LogP) is 4.54. The Balaban J connectivity index is 1.53. The fraction of sp³-hybridized carbons (Fsp3) is 0.654. The maximum absolute atomic E-state index is 12.4. The Labute approximate surface area is 212 Å². The number of ether oxygens (including phenoxy) is 2. The SMILES string of the molecule is CCCCOC(=O)N(C)Cc1c(-c2ccc(O[C@H]3CCC[C@](C)(C(=O)O)C3)c(C3CC3)n2)nnn1C. The van der Waals surface area contributed by atoms with Crippen LogP contribution in [0, 0.1) is 5.41 Å². The van der Waals surface area contributed by atoms with Gasteiger partial charge >= 0.3 is 12.1 Å². The van der Waals surface area contributed by atoms with Crippen LogP contribution >= 0.6 is 0 Å². The van der Waals surface area contributed by atoms with E-state index in [9.17, 15) is 14.7 Å². The number of aryl methyl sites for hydroxylation is 1. The number of hydrogen-bond acceptors (Lipinski definition) is 7. The lowest BCUT2D eigenvalue weighted by atomic mass is 9.74. The summed E-state index contributed by atoms with van der Waals surface area (Å²) in [4.78, 5) is 30.6. The van der Waals surface area contributed by atoms with Crippen molar-refractivity contribution in [3.05, 3.63) is 23.5 Å². The highest BCUT2D eigenvalue weighted by Crippen LogP contribution is 2.45. The molecule has 36 heavy (non-hydrogen) atoms. The molecule has 2 saturated carbocycles. The first kappa shape index (κ1) is 25.9. The van der Waals surface area contributed by atoms with Gasteiger partial charge in [-0.15, -0.1) is 5.10 Å². The summed E-state index contributed by atoms with van der Waals surface area (Å²) in [6.45, 7) is 4.54. The monoisotopic (exact) mass is 499 g/mol. The molecule has 2 fully saturated rings. The molecule has 10 heteroatoms. The summed E-state index contributed by atoms with van der Waals surface area (Å²) in [5.74, 6) is 0.287. The van der Waals surface area contributed by atoms with Gasteiger partial charge in [0.1, 0.15) is 11.4 Å². The van der Waals surface area contributed by atoms with Crippen LogP contribution in [0.3, 0.4) is 0 Å². The zero-order valence-corrected chi connectivity index (χ0v) is 21.7. The highest BCUT2D eigenvalue weighted by Gasteiger charge is 2.40. The van der Waals surface area contributed by atoms with Crippen LogP contribution in [-0.2, 0) is 23.1 Å². The standard InChI is InChI=1S/C26H37N5O5/c1-5-6-14-35-25(34)30(3)16-20-23(28-29-31(20)4)19-11-12-21(22(27-19)17-9-10-17)36-18-8-7-13-26(2,15-18)24(32)33/h11-12,17-18H,5-10,13-16H2,1-4H3,(H,32,33)/t18-,26-/m0/s1. The number of unbranched alkanes of at least 4 members (excludes halogenated alkanes) is 1. The van der Waals surface area contributed by atoms with E-state index in [4.69, 9.17) is 14.5 Å². The number of rotatable bonds is 10. The molecule has 4 rings (SSSR count). The van der Waals surface area contributed by atoms with Crippen LogP contribution < -0.4 is 4.74 Å². The third-order valence-corrected chi connectivity index (χ3v) is 7.20. The predicted molar refractivity (Wildman–Crippen MR) is 133 cm³/mol. The van der Waals surface area contributed by atoms with Crippen LogP contribution in [0.4, 0.5) is 4.79 Å². The number of carbonyl (C=O) groups is 2. The van der Waals surface area contributed by atoms with E-state index >= 15 is 0 Å². The molecule has 10 nitrogen and oxygen atoms in total. The van der Waals surface area contributed by atoms with E-state index in [1.807, 2.05) is 19.1 Å². The first-order valence-corrected chi connectivity index (χ1v) is 12.9. The van der Waals surface area contributed by atoms with Crippen molar-refractivity contribution in [1.82, 2.24) is 24.9 Å². The van der Waals surface area contributed by atoms with Gasteiger partial charge in [-0.25, -0.2) is 14.5 Å². The molecule has 2 aliphatic carbocycles. The number of hydrogen-bond donors (Lipinski definition) is 1. The van der Waals surface area contributed by atoms with E-state index in [0.717, 1.165) is 55.7 Å². The van der Waals surface area contributed by atoms with Crippen LogP contribution in [0.25, 0.3) is 11.4 Å². The molecule has 2 aliphatic rings. The van der Waals surface area contributed by atoms with Crippen molar-refractivity contribution in [3.8, 4) is 17.1 Å². The largest absolute Gasteiger partial charge is 0.488 e. The maximum Gasteiger partial charge on any atom is 0.409 e. The second kappa shape index (κ2) is 10.8. The van der Waals surface area contributed by atoms with Gasteiger partial charge in [-0.3, -0.25) is 4.79 Å². The second-order valence-electron chi connectivity index (χ2n) is 10.4. The lowest BCUT2D eigenvalue weighted by Gasteiger charge is -2.35. The minimum absolute atomic E-state index is 0.149. The van der Waals surface area contributed by atoms with Crippen LogP contribution in [-0.4, -0.2) is 61.8 Å². The average Bonchev–Trinajstić information content (AvgIpc) is 3.63. The van der Waals surface area contributed by atoms with E-state index in [2.05, 4.69) is 10.3 Å². The Morgan fingerprint density at radius 1 is 1.28 bits per heavy atom. The third-order valence-electron chi connectivity index (χ3n) is 7.20. The Bertz CT molecular complexity index is 1100. The van der Waals surface area contributed by atoms with E-state index in [1.54, 1.807) is 25.7 Å². The van der Waals surface area contributed by atoms with Crippen LogP contribution in [0.5, 0.6) is 5.75 Å². The Morgan fingerprint density at radius 3 is 2.75 bits per heavy atom. The first-order chi connectivity index (χ1) is 17.2. The highest BCUT2D eigenvalue weighted by atomic mass is 16.6. The van der Waals surface area contributed by atoms with Crippen molar-refractivity contribution in [3.63, 3.8) is 0 Å². The molecule has 2 atom stereocenters. The number of nitrogens with zero attached hydrogens (tertiary/aromatic N) is 5. The van der Waals surface area contributed by atoms with E-state index < -0.39 is 11.4 Å². The molecule has 0 aliphatic heterocycles. The molecule has 0 unspecified atom stereocenters. The summed E-state index contributed by atoms with van der Waals surface area (Å²) in [6.07, 6.45) is 6.18. The number of carboxylic acid groups (broad SMARTS) is 1. The van der Waals surface area contributed by atoms with Crippen molar-refractivity contribution in [2.45, 2.75) is 83.8 Å². The molecule has 2 aromatic rings. The molecule has 2 heterocycles. The average molecular weight is 500 g/mol. The van der Waals surface area contributed by atoms with Gasteiger partial charge in [0.15, 0.2) is 0 Å². The molecule has 1 N–H and O–H groups in total. The Morgan fingerprint density at radius 2 is 2.06 bits per heavy atom. The zero-order valence-electron chi connectivity index (χ0n) is 21.7. The second-order valence-corrected chi connectivity index (χ2v) is 10.4. The van der Waals surface area contributed by atoms with Gasteiger partial charge in [0.25, 0.3) is 0 Å². The number of carboxylic acids is 1. The molecule has 0 bridgehead atoms. The van der Waals surface area contributed by atoms with Crippen molar-refractivity contribution in [1.29, 1.82) is 0 Å². The molecule has 0 saturated heterocycles. The lowest BCUT2D eigenvalue weighted by molar-refractivity contribution is -0.151. The number of amides is 1. The molecule has 0 aromatic carbocycles. The summed E-state index contributed by atoms with van der Waals surface area (Å²) < 4.78 is 13.3. The van der Waals surface area contributed by atoms with E-state index in [-0.39, 0.29) is 12.2 Å². The van der Waals surface area contributed by atoms with Crippen LogP contribution in [0.15, 0.2) is 12.1 Å². The van der Waals surface area contributed by atoms with E-state index in [0.29, 0.717) is 43.3 Å². The smallest absolute Gasteiger partial charge is 0.409 e. The van der Waals surface area contributed by atoms with Gasteiger partial charge in [0.05, 0.1) is 41.8 Å². The van der Waals surface area contributed by atoms with Crippen LogP contribution in [0.1, 0.15) is 82.5 Å². The maximum atomic E-state index is 12.4. The lowest BCUT2D eigenvalue weighted by Crippen LogP contribution is -2.38. The zero-order chi connectivity index (χ0) is 25.9. The summed E-state index contributed by atoms with van der Waals surface area (Å²) in [6, 6.07) is 3.79. The number of pyridine rings is 1. The minimum atomic E-state index is -0.763. The molecule has 1 amide bonds. The molecule has 196 valence electrons. The summed E-state index contributed by atoms with van der Waals surface area (Å²) in [5.41, 5.74) is 2.19. The third kappa shape index (κ3) is 5.79. The fourth-order valence-corrected chi connectivity index (χ4v) is 4.70. The molecular formula is C26H37N5O5. The fourth-order valence-electron chi connectivity index (χ4n) is 4.70. The van der Waals surface area contributed by atoms with Gasteiger partial charge in [-0.05, 0) is 57.6 Å². The quantitative estimate of drug-likeness (QED) is 0.473. The van der Waals surface area contributed by atoms with Gasteiger partial charge in [0.2, 0.25) is 0 Å². The van der Waals surface area contributed by atoms with Crippen molar-refractivity contribution in [2.75, 3.05) is 13.7 Å². The molecular weight excluding hydrogens is 462 g/mol. The first-order valence-electron chi connectivity index (χ1n) is 12.9. The van der Waals surface area contributed by atoms with Gasteiger partial charge in [-0.1, -0.05) is 18.6 Å². The van der Waals surface area contributed by atoms with Crippen LogP contribution in [0.2, 0.25) is 0 Å². The summed E-state index contributed by atoms with van der Waals surface area (Å²) in [5, 5.41) is 18.2. The van der Waals surface area contributed by atoms with Gasteiger partial charge < -0.3 is 19.5 Å². The van der Waals surface area contributed by atoms with Crippen molar-refractivity contribution < 1.29 is 24.2 Å².